The van der Waals surface area contributed by atoms with Crippen molar-refractivity contribution in [3.8, 4) is 0 Å². The monoisotopic (exact) mass is 344 g/mol. The van der Waals surface area contributed by atoms with Crippen molar-refractivity contribution in [3.63, 3.8) is 0 Å². The van der Waals surface area contributed by atoms with E-state index in [1.165, 1.54) is 4.90 Å². The molecule has 0 aliphatic carbocycles. The molecule has 0 N–H and O–H groups in total. The second kappa shape index (κ2) is 7.13. The molecular formula is C16H23F3N4O. The van der Waals surface area contributed by atoms with Gasteiger partial charge in [0.25, 0.3) is 0 Å². The number of hydrogen-bond acceptors (Lipinski definition) is 3. The predicted octanol–water partition coefficient (Wildman–Crippen LogP) is 2.32. The van der Waals surface area contributed by atoms with Crippen LogP contribution in [0.3, 0.4) is 0 Å². The quantitative estimate of drug-likeness (QED) is 0.845. The molecule has 1 atom stereocenters. The fraction of sp³-hybridized carbons (Fsp3) is 0.750. The number of aromatic nitrogens is 2. The van der Waals surface area contributed by atoms with E-state index in [0.717, 1.165) is 19.4 Å². The fourth-order valence-electron chi connectivity index (χ4n) is 3.73. The van der Waals surface area contributed by atoms with Gasteiger partial charge < -0.3 is 9.47 Å². The number of likely N-dealkylation sites (tertiary alicyclic amines) is 2. The van der Waals surface area contributed by atoms with E-state index >= 15 is 0 Å². The van der Waals surface area contributed by atoms with E-state index in [0.29, 0.717) is 32.5 Å². The third kappa shape index (κ3) is 4.28. The summed E-state index contributed by atoms with van der Waals surface area (Å²) in [5, 5.41) is 0. The summed E-state index contributed by atoms with van der Waals surface area (Å²) >= 11 is 0. The second-order valence-corrected chi connectivity index (χ2v) is 6.76. The molecule has 1 amide bonds. The van der Waals surface area contributed by atoms with Gasteiger partial charge in [0, 0.05) is 31.4 Å². The SMILES string of the molecule is O=C(C1CCN(CC(F)(F)F)CC1)N1CCC[C@@H](n2ccnc2)C1. The van der Waals surface area contributed by atoms with E-state index in [-0.39, 0.29) is 17.9 Å². The first kappa shape index (κ1) is 17.3. The van der Waals surface area contributed by atoms with Crippen LogP contribution in [0.5, 0.6) is 0 Å². The van der Waals surface area contributed by atoms with Gasteiger partial charge in [-0.05, 0) is 38.8 Å². The molecule has 8 heteroatoms. The summed E-state index contributed by atoms with van der Waals surface area (Å²) in [5.41, 5.74) is 0. The summed E-state index contributed by atoms with van der Waals surface area (Å²) in [4.78, 5) is 20.1. The van der Waals surface area contributed by atoms with E-state index in [9.17, 15) is 18.0 Å². The van der Waals surface area contributed by atoms with Crippen molar-refractivity contribution >= 4 is 5.91 Å². The maximum Gasteiger partial charge on any atom is 0.401 e. The summed E-state index contributed by atoms with van der Waals surface area (Å²) in [6, 6.07) is 0.246. The lowest BCUT2D eigenvalue weighted by Crippen LogP contribution is -2.47. The standard InChI is InChI=1S/C16H23F3N4O/c17-16(18,19)11-21-7-3-13(4-8-21)15(24)22-6-1-2-14(10-22)23-9-5-20-12-23/h5,9,12-14H,1-4,6-8,10-11H2/t14-/m1/s1. The Hall–Kier alpha value is -1.57. The Balaban J connectivity index is 1.52. The highest BCUT2D eigenvalue weighted by Gasteiger charge is 2.35. The van der Waals surface area contributed by atoms with E-state index in [2.05, 4.69) is 4.98 Å². The van der Waals surface area contributed by atoms with Crippen LogP contribution in [0.25, 0.3) is 0 Å². The van der Waals surface area contributed by atoms with Crippen molar-refractivity contribution in [2.75, 3.05) is 32.7 Å². The molecule has 24 heavy (non-hydrogen) atoms. The largest absolute Gasteiger partial charge is 0.401 e. The summed E-state index contributed by atoms with van der Waals surface area (Å²) < 4.78 is 39.4. The number of halogens is 3. The Morgan fingerprint density at radius 2 is 1.92 bits per heavy atom. The van der Waals surface area contributed by atoms with Crippen LogP contribution < -0.4 is 0 Å². The molecule has 2 aliphatic rings. The number of alkyl halides is 3. The number of carbonyl (C=O) groups excluding carboxylic acids is 1. The Bertz CT molecular complexity index is 538. The number of rotatable bonds is 3. The highest BCUT2D eigenvalue weighted by atomic mass is 19.4. The molecule has 0 bridgehead atoms. The first-order valence-corrected chi connectivity index (χ1v) is 8.48. The second-order valence-electron chi connectivity index (χ2n) is 6.76. The lowest BCUT2D eigenvalue weighted by atomic mass is 9.93. The topological polar surface area (TPSA) is 41.4 Å². The van der Waals surface area contributed by atoms with Crippen molar-refractivity contribution in [1.82, 2.24) is 19.4 Å². The Kier molecular flexibility index (Phi) is 5.12. The van der Waals surface area contributed by atoms with Gasteiger partial charge in [-0.3, -0.25) is 9.69 Å². The molecule has 3 rings (SSSR count). The van der Waals surface area contributed by atoms with E-state index in [1.807, 2.05) is 15.7 Å². The number of piperidine rings is 2. The Morgan fingerprint density at radius 3 is 2.54 bits per heavy atom. The van der Waals surface area contributed by atoms with E-state index < -0.39 is 12.7 Å². The molecule has 0 spiro atoms. The molecule has 2 saturated heterocycles. The zero-order chi connectivity index (χ0) is 17.2. The van der Waals surface area contributed by atoms with Crippen LogP contribution >= 0.6 is 0 Å². The summed E-state index contributed by atoms with van der Waals surface area (Å²) in [7, 11) is 0. The molecule has 0 unspecified atom stereocenters. The molecule has 3 heterocycles. The number of carbonyl (C=O) groups is 1. The lowest BCUT2D eigenvalue weighted by molar-refractivity contribution is -0.151. The average molecular weight is 344 g/mol. The van der Waals surface area contributed by atoms with Crippen LogP contribution in [0.2, 0.25) is 0 Å². The lowest BCUT2D eigenvalue weighted by Gasteiger charge is -2.38. The van der Waals surface area contributed by atoms with Gasteiger partial charge in [-0.2, -0.15) is 13.2 Å². The van der Waals surface area contributed by atoms with Gasteiger partial charge in [0.1, 0.15) is 0 Å². The van der Waals surface area contributed by atoms with E-state index in [1.54, 1.807) is 12.5 Å². The van der Waals surface area contributed by atoms with Gasteiger partial charge in [-0.25, -0.2) is 4.98 Å². The van der Waals surface area contributed by atoms with Gasteiger partial charge in [0.2, 0.25) is 5.91 Å². The smallest absolute Gasteiger partial charge is 0.340 e. The normalized spacial score (nSPS) is 24.3. The van der Waals surface area contributed by atoms with Crippen LogP contribution in [0.15, 0.2) is 18.7 Å². The average Bonchev–Trinajstić information content (AvgIpc) is 3.08. The van der Waals surface area contributed by atoms with Crippen LogP contribution in [-0.4, -0.2) is 64.2 Å². The Labute approximate surface area is 139 Å². The molecule has 0 saturated carbocycles. The third-order valence-electron chi connectivity index (χ3n) is 4.99. The minimum absolute atomic E-state index is 0.103. The van der Waals surface area contributed by atoms with Crippen molar-refractivity contribution < 1.29 is 18.0 Å². The van der Waals surface area contributed by atoms with Crippen molar-refractivity contribution in [2.24, 2.45) is 5.92 Å². The van der Waals surface area contributed by atoms with Gasteiger partial charge in [-0.1, -0.05) is 0 Å². The number of amides is 1. The maximum atomic E-state index is 12.7. The predicted molar refractivity (Wildman–Crippen MR) is 82.3 cm³/mol. The molecule has 0 radical (unpaired) electrons. The van der Waals surface area contributed by atoms with Crippen molar-refractivity contribution in [1.29, 1.82) is 0 Å². The molecular weight excluding hydrogens is 321 g/mol. The molecule has 1 aromatic heterocycles. The van der Waals surface area contributed by atoms with Crippen LogP contribution in [0.1, 0.15) is 31.7 Å². The number of imidazole rings is 1. The zero-order valence-electron chi connectivity index (χ0n) is 13.6. The molecule has 134 valence electrons. The fourth-order valence-corrected chi connectivity index (χ4v) is 3.73. The highest BCUT2D eigenvalue weighted by molar-refractivity contribution is 5.79. The van der Waals surface area contributed by atoms with Crippen LogP contribution in [0, 0.1) is 5.92 Å². The first-order valence-electron chi connectivity index (χ1n) is 8.48. The Morgan fingerprint density at radius 1 is 1.17 bits per heavy atom. The van der Waals surface area contributed by atoms with Gasteiger partial charge in [-0.15, -0.1) is 0 Å². The zero-order valence-corrected chi connectivity index (χ0v) is 13.6. The first-order chi connectivity index (χ1) is 11.4. The van der Waals surface area contributed by atoms with Crippen LogP contribution in [0.4, 0.5) is 13.2 Å². The van der Waals surface area contributed by atoms with Crippen LogP contribution in [-0.2, 0) is 4.79 Å². The van der Waals surface area contributed by atoms with Gasteiger partial charge in [0.05, 0.1) is 18.9 Å². The summed E-state index contributed by atoms with van der Waals surface area (Å²) in [5.74, 6) is -0.0394. The molecule has 2 fully saturated rings. The summed E-state index contributed by atoms with van der Waals surface area (Å²) in [6.07, 6.45) is 4.25. The highest BCUT2D eigenvalue weighted by Crippen LogP contribution is 2.27. The van der Waals surface area contributed by atoms with Crippen molar-refractivity contribution in [3.05, 3.63) is 18.7 Å². The minimum atomic E-state index is -4.16. The third-order valence-corrected chi connectivity index (χ3v) is 4.99. The van der Waals surface area contributed by atoms with Gasteiger partial charge in [0.15, 0.2) is 0 Å². The molecule has 2 aliphatic heterocycles. The minimum Gasteiger partial charge on any atom is -0.340 e. The van der Waals surface area contributed by atoms with Gasteiger partial charge >= 0.3 is 6.18 Å². The van der Waals surface area contributed by atoms with Crippen molar-refractivity contribution in [2.45, 2.75) is 37.9 Å². The number of hydrogen-bond donors (Lipinski definition) is 0. The molecule has 0 aromatic carbocycles. The molecule has 5 nitrogen and oxygen atoms in total. The maximum absolute atomic E-state index is 12.7. The van der Waals surface area contributed by atoms with E-state index in [4.69, 9.17) is 0 Å². The molecule has 1 aromatic rings. The summed E-state index contributed by atoms with van der Waals surface area (Å²) in [6.45, 7) is 1.22. The number of nitrogens with zero attached hydrogens (tertiary/aromatic N) is 4.